The Balaban J connectivity index is 2.09. The third-order valence-electron chi connectivity index (χ3n) is 2.16. The molecule has 0 amide bonds. The molecule has 1 saturated carbocycles. The van der Waals surface area contributed by atoms with E-state index >= 15 is 0 Å². The number of hydrogen-bond donors (Lipinski definition) is 1. The van der Waals surface area contributed by atoms with Crippen molar-refractivity contribution >= 4 is 22.4 Å². The van der Waals surface area contributed by atoms with E-state index in [0.29, 0.717) is 0 Å². The lowest BCUT2D eigenvalue weighted by molar-refractivity contribution is 0.0547. The molecule has 4 heteroatoms. The maximum absolute atomic E-state index is 5.93. The predicted molar refractivity (Wildman–Crippen MR) is 72.9 cm³/mol. The minimum absolute atomic E-state index is 0.177. The minimum Gasteiger partial charge on any atom is -0.473 e. The van der Waals surface area contributed by atoms with Gasteiger partial charge >= 0.3 is 0 Å². The van der Waals surface area contributed by atoms with Gasteiger partial charge in [-0.2, -0.15) is 0 Å². The average Bonchev–Trinajstić information content (AvgIpc) is 2.97. The molecule has 1 aromatic heterocycles. The molecule has 1 fully saturated rings. The van der Waals surface area contributed by atoms with Crippen LogP contribution in [0.1, 0.15) is 38.6 Å². The number of anilines is 1. The van der Waals surface area contributed by atoms with Crippen LogP contribution in [0.3, 0.4) is 0 Å². The molecule has 1 aliphatic rings. The van der Waals surface area contributed by atoms with Crippen molar-refractivity contribution in [3.63, 3.8) is 0 Å². The highest BCUT2D eigenvalue weighted by Crippen LogP contribution is 2.35. The lowest BCUT2D eigenvalue weighted by Gasteiger charge is -2.23. The van der Waals surface area contributed by atoms with Crippen LogP contribution < -0.4 is 5.32 Å². The summed E-state index contributed by atoms with van der Waals surface area (Å²) in [5.74, 6) is 0.900. The predicted octanol–water partition coefficient (Wildman–Crippen LogP) is 4.02. The van der Waals surface area contributed by atoms with Gasteiger partial charge < -0.3 is 10.1 Å². The normalized spacial score (nSPS) is 14.4. The first-order valence-corrected chi connectivity index (χ1v) is 6.56. The monoisotopic (exact) mass is 250 g/mol. The number of allylic oxidation sites excluding steroid dienone is 1. The number of hydrogen-bond acceptors (Lipinski definition) is 4. The van der Waals surface area contributed by atoms with Crippen LogP contribution in [0.15, 0.2) is 24.2 Å². The Hall–Kier alpha value is -1.29. The van der Waals surface area contributed by atoms with Gasteiger partial charge in [0.15, 0.2) is 5.88 Å². The fourth-order valence-electron chi connectivity index (χ4n) is 1.33. The lowest BCUT2D eigenvalue weighted by Crippen LogP contribution is -2.21. The standard InChI is InChI=1S/C13H18N2OS/c1-5-10-14-8-11(17-10)15-12(9-6-7-9)16-13(2,3)4/h5,8,15H,1,6-7H2,2-4H3. The molecule has 1 N–H and O–H groups in total. The van der Waals surface area contributed by atoms with Gasteiger partial charge in [-0.15, -0.1) is 0 Å². The highest BCUT2D eigenvalue weighted by atomic mass is 32.1. The molecule has 92 valence electrons. The first-order valence-electron chi connectivity index (χ1n) is 5.74. The lowest BCUT2D eigenvalue weighted by atomic mass is 10.2. The van der Waals surface area contributed by atoms with E-state index in [0.717, 1.165) is 28.7 Å². The van der Waals surface area contributed by atoms with Crippen molar-refractivity contribution in [1.82, 2.24) is 4.98 Å². The minimum atomic E-state index is -0.177. The van der Waals surface area contributed by atoms with Gasteiger partial charge in [0.05, 0.1) is 6.20 Å². The summed E-state index contributed by atoms with van der Waals surface area (Å²) in [7, 11) is 0. The van der Waals surface area contributed by atoms with E-state index in [1.807, 2.05) is 6.20 Å². The van der Waals surface area contributed by atoms with Crippen molar-refractivity contribution in [3.8, 4) is 0 Å². The zero-order valence-electron chi connectivity index (χ0n) is 10.5. The second kappa shape index (κ2) is 4.53. The summed E-state index contributed by atoms with van der Waals surface area (Å²) in [6.45, 7) is 9.87. The molecule has 0 bridgehead atoms. The number of nitrogens with one attached hydrogen (secondary N) is 1. The van der Waals surface area contributed by atoms with Gasteiger partial charge in [0.1, 0.15) is 15.6 Å². The Morgan fingerprint density at radius 3 is 2.71 bits per heavy atom. The Labute approximate surface area is 106 Å². The van der Waals surface area contributed by atoms with Crippen LogP contribution in [-0.4, -0.2) is 10.6 Å². The van der Waals surface area contributed by atoms with E-state index in [-0.39, 0.29) is 5.60 Å². The number of aromatic nitrogens is 1. The molecule has 0 spiro atoms. The van der Waals surface area contributed by atoms with Crippen molar-refractivity contribution in [3.05, 3.63) is 29.2 Å². The molecule has 1 heterocycles. The van der Waals surface area contributed by atoms with Crippen LogP contribution >= 0.6 is 11.3 Å². The van der Waals surface area contributed by atoms with Crippen LogP contribution in [-0.2, 0) is 4.74 Å². The first kappa shape index (κ1) is 12.2. The SMILES string of the molecule is C=Cc1ncc(NC(OC(C)(C)C)=C2CC2)s1. The summed E-state index contributed by atoms with van der Waals surface area (Å²) in [5.41, 5.74) is 1.18. The Morgan fingerprint density at radius 2 is 2.24 bits per heavy atom. The molecule has 0 atom stereocenters. The maximum atomic E-state index is 5.93. The van der Waals surface area contributed by atoms with Gasteiger partial charge in [-0.25, -0.2) is 4.98 Å². The van der Waals surface area contributed by atoms with Crippen molar-refractivity contribution in [2.45, 2.75) is 39.2 Å². The molecular weight excluding hydrogens is 232 g/mol. The number of nitrogens with zero attached hydrogens (tertiary/aromatic N) is 1. The topological polar surface area (TPSA) is 34.2 Å². The summed E-state index contributed by atoms with van der Waals surface area (Å²) in [6.07, 6.45) is 5.83. The molecule has 17 heavy (non-hydrogen) atoms. The van der Waals surface area contributed by atoms with E-state index in [9.17, 15) is 0 Å². The van der Waals surface area contributed by atoms with E-state index in [4.69, 9.17) is 4.74 Å². The molecule has 0 saturated heterocycles. The molecule has 1 aromatic rings. The zero-order chi connectivity index (χ0) is 12.5. The Kier molecular flexibility index (Phi) is 3.24. The molecule has 2 rings (SSSR count). The molecule has 0 radical (unpaired) electrons. The number of thiazole rings is 1. The largest absolute Gasteiger partial charge is 0.473 e. The Morgan fingerprint density at radius 1 is 1.53 bits per heavy atom. The van der Waals surface area contributed by atoms with Gasteiger partial charge in [-0.3, -0.25) is 0 Å². The number of ether oxygens (including phenoxy) is 1. The van der Waals surface area contributed by atoms with Crippen molar-refractivity contribution in [2.75, 3.05) is 5.32 Å². The van der Waals surface area contributed by atoms with Crippen LogP contribution in [0, 0.1) is 0 Å². The second-order valence-electron chi connectivity index (χ2n) is 5.04. The van der Waals surface area contributed by atoms with Crippen LogP contribution in [0.4, 0.5) is 5.00 Å². The van der Waals surface area contributed by atoms with Gasteiger partial charge in [0, 0.05) is 0 Å². The van der Waals surface area contributed by atoms with E-state index in [2.05, 4.69) is 37.7 Å². The Bertz CT molecular complexity index is 448. The van der Waals surface area contributed by atoms with E-state index < -0.39 is 0 Å². The summed E-state index contributed by atoms with van der Waals surface area (Å²) >= 11 is 1.58. The van der Waals surface area contributed by atoms with E-state index in [1.54, 1.807) is 17.4 Å². The molecule has 3 nitrogen and oxygen atoms in total. The van der Waals surface area contributed by atoms with E-state index in [1.165, 1.54) is 5.57 Å². The third kappa shape index (κ3) is 3.60. The fraction of sp³-hybridized carbons (Fsp3) is 0.462. The van der Waals surface area contributed by atoms with Crippen LogP contribution in [0.25, 0.3) is 6.08 Å². The van der Waals surface area contributed by atoms with Crippen molar-refractivity contribution < 1.29 is 4.74 Å². The van der Waals surface area contributed by atoms with Crippen molar-refractivity contribution in [2.24, 2.45) is 0 Å². The van der Waals surface area contributed by atoms with Crippen LogP contribution in [0.2, 0.25) is 0 Å². The van der Waals surface area contributed by atoms with Gasteiger partial charge in [-0.05, 0) is 45.3 Å². The molecular formula is C13H18N2OS. The molecule has 1 aliphatic carbocycles. The van der Waals surface area contributed by atoms with Gasteiger partial charge in [0.25, 0.3) is 0 Å². The smallest absolute Gasteiger partial charge is 0.191 e. The summed E-state index contributed by atoms with van der Waals surface area (Å²) in [5, 5.41) is 5.24. The van der Waals surface area contributed by atoms with Crippen molar-refractivity contribution in [1.29, 1.82) is 0 Å². The van der Waals surface area contributed by atoms with Gasteiger partial charge in [-0.1, -0.05) is 17.9 Å². The van der Waals surface area contributed by atoms with Crippen LogP contribution in [0.5, 0.6) is 0 Å². The summed E-state index contributed by atoms with van der Waals surface area (Å²) < 4.78 is 5.93. The zero-order valence-corrected chi connectivity index (χ0v) is 11.4. The fourth-order valence-corrected chi connectivity index (χ4v) is 2.00. The third-order valence-corrected chi connectivity index (χ3v) is 3.07. The highest BCUT2D eigenvalue weighted by Gasteiger charge is 2.24. The molecule has 0 aromatic carbocycles. The maximum Gasteiger partial charge on any atom is 0.191 e. The average molecular weight is 250 g/mol. The highest BCUT2D eigenvalue weighted by molar-refractivity contribution is 7.16. The van der Waals surface area contributed by atoms with Gasteiger partial charge in [0.2, 0.25) is 0 Å². The summed E-state index contributed by atoms with van der Waals surface area (Å²) in [4.78, 5) is 4.22. The molecule has 0 unspecified atom stereocenters. The second-order valence-corrected chi connectivity index (χ2v) is 6.10. The first-order chi connectivity index (χ1) is 7.98. The number of rotatable bonds is 4. The summed E-state index contributed by atoms with van der Waals surface area (Å²) in [6, 6.07) is 0. The quantitative estimate of drug-likeness (QED) is 0.820. The molecule has 0 aliphatic heterocycles.